The molecule has 1 aromatic rings. The summed E-state index contributed by atoms with van der Waals surface area (Å²) in [5, 5.41) is 8.98. The molecule has 0 aliphatic rings. The lowest BCUT2D eigenvalue weighted by molar-refractivity contribution is 0.215. The highest BCUT2D eigenvalue weighted by atomic mass is 32.3. The summed E-state index contributed by atoms with van der Waals surface area (Å²) in [5.74, 6) is 0.0108. The van der Waals surface area contributed by atoms with Crippen LogP contribution in [0.4, 0.5) is 0 Å². The van der Waals surface area contributed by atoms with Crippen molar-refractivity contribution in [1.82, 2.24) is 4.31 Å². The lowest BCUT2D eigenvalue weighted by Crippen LogP contribution is -2.29. The van der Waals surface area contributed by atoms with Crippen molar-refractivity contribution in [3.8, 4) is 0 Å². The highest BCUT2D eigenvalue weighted by Gasteiger charge is 2.22. The molecule has 0 aliphatic heterocycles. The summed E-state index contributed by atoms with van der Waals surface area (Å²) in [6, 6.07) is 7.16. The minimum absolute atomic E-state index is 0.0108. The summed E-state index contributed by atoms with van der Waals surface area (Å²) in [6.45, 7) is 4.29. The normalized spacial score (nSPS) is 15.0. The number of rotatable bonds is 5. The number of aryl methyl sites for hydroxylation is 1. The van der Waals surface area contributed by atoms with E-state index in [0.29, 0.717) is 11.4 Å². The second-order valence-corrected chi connectivity index (χ2v) is 6.56. The standard InChI is InChI=1S/C12H21NO3S/c1-10-4-6-12(7-5-10)17(15,16)13(3)8-11(2)9-14/h4-7,11,14-16H,8-9H2,1-3H3. The van der Waals surface area contributed by atoms with E-state index in [2.05, 4.69) is 0 Å². The lowest BCUT2D eigenvalue weighted by atomic mass is 10.2. The fourth-order valence-electron chi connectivity index (χ4n) is 1.50. The van der Waals surface area contributed by atoms with Crippen molar-refractivity contribution in [1.29, 1.82) is 0 Å². The molecule has 17 heavy (non-hydrogen) atoms. The maximum Gasteiger partial charge on any atom is 0.0752 e. The Bertz CT molecular complexity index is 353. The molecule has 0 aliphatic carbocycles. The van der Waals surface area contributed by atoms with E-state index in [1.54, 1.807) is 19.2 Å². The van der Waals surface area contributed by atoms with Gasteiger partial charge in [0, 0.05) is 20.2 Å². The zero-order valence-electron chi connectivity index (χ0n) is 10.5. The van der Waals surface area contributed by atoms with Gasteiger partial charge < -0.3 is 5.11 Å². The smallest absolute Gasteiger partial charge is 0.0752 e. The fourth-order valence-corrected chi connectivity index (χ4v) is 2.82. The Morgan fingerprint density at radius 2 is 1.76 bits per heavy atom. The first-order chi connectivity index (χ1) is 7.87. The first kappa shape index (κ1) is 14.5. The second kappa shape index (κ2) is 5.84. The van der Waals surface area contributed by atoms with Crippen LogP contribution in [0.5, 0.6) is 0 Å². The van der Waals surface area contributed by atoms with Gasteiger partial charge in [0.2, 0.25) is 0 Å². The van der Waals surface area contributed by atoms with Crippen LogP contribution in [0.1, 0.15) is 12.5 Å². The van der Waals surface area contributed by atoms with Gasteiger partial charge in [-0.1, -0.05) is 24.6 Å². The van der Waals surface area contributed by atoms with Crippen molar-refractivity contribution in [2.45, 2.75) is 18.7 Å². The quantitative estimate of drug-likeness (QED) is 0.760. The zero-order valence-corrected chi connectivity index (χ0v) is 11.3. The summed E-state index contributed by atoms with van der Waals surface area (Å²) >= 11 is 0. The van der Waals surface area contributed by atoms with Gasteiger partial charge >= 0.3 is 0 Å². The van der Waals surface area contributed by atoms with E-state index in [4.69, 9.17) is 5.11 Å². The number of aliphatic hydroxyl groups excluding tert-OH is 1. The van der Waals surface area contributed by atoms with E-state index < -0.39 is 10.8 Å². The maximum absolute atomic E-state index is 10.2. The molecule has 1 unspecified atom stereocenters. The van der Waals surface area contributed by atoms with Crippen LogP contribution in [0.2, 0.25) is 0 Å². The van der Waals surface area contributed by atoms with Crippen molar-refractivity contribution in [2.75, 3.05) is 20.2 Å². The van der Waals surface area contributed by atoms with E-state index in [1.807, 2.05) is 26.0 Å². The molecular formula is C12H21NO3S. The molecular weight excluding hydrogens is 238 g/mol. The van der Waals surface area contributed by atoms with Gasteiger partial charge in [0.25, 0.3) is 0 Å². The van der Waals surface area contributed by atoms with Gasteiger partial charge in [0.15, 0.2) is 0 Å². The van der Waals surface area contributed by atoms with Crippen molar-refractivity contribution < 1.29 is 14.2 Å². The molecule has 0 fully saturated rings. The van der Waals surface area contributed by atoms with Crippen LogP contribution in [0.15, 0.2) is 29.2 Å². The third-order valence-corrected chi connectivity index (χ3v) is 4.58. The van der Waals surface area contributed by atoms with Gasteiger partial charge in [-0.05, 0) is 25.0 Å². The van der Waals surface area contributed by atoms with Crippen LogP contribution in [0.25, 0.3) is 0 Å². The molecule has 0 saturated carbocycles. The number of hydrogen-bond donors (Lipinski definition) is 3. The van der Waals surface area contributed by atoms with E-state index in [0.717, 1.165) is 5.56 Å². The molecule has 3 N–H and O–H groups in total. The Balaban J connectivity index is 2.82. The lowest BCUT2D eigenvalue weighted by Gasteiger charge is -2.41. The van der Waals surface area contributed by atoms with Crippen molar-refractivity contribution >= 4 is 10.8 Å². The van der Waals surface area contributed by atoms with E-state index >= 15 is 0 Å². The van der Waals surface area contributed by atoms with Crippen LogP contribution in [-0.4, -0.2) is 38.7 Å². The summed E-state index contributed by atoms with van der Waals surface area (Å²) in [6.07, 6.45) is 0. The van der Waals surface area contributed by atoms with E-state index in [-0.39, 0.29) is 12.5 Å². The largest absolute Gasteiger partial charge is 0.396 e. The van der Waals surface area contributed by atoms with Crippen LogP contribution < -0.4 is 0 Å². The van der Waals surface area contributed by atoms with E-state index in [1.165, 1.54) is 4.31 Å². The predicted octanol–water partition coefficient (Wildman–Crippen LogP) is 2.58. The topological polar surface area (TPSA) is 63.9 Å². The average Bonchev–Trinajstić information content (AvgIpc) is 2.29. The highest BCUT2D eigenvalue weighted by molar-refractivity contribution is 8.22. The SMILES string of the molecule is Cc1ccc(S(O)(O)N(C)CC(C)CO)cc1. The Morgan fingerprint density at radius 3 is 2.24 bits per heavy atom. The molecule has 0 heterocycles. The molecule has 0 aromatic heterocycles. The van der Waals surface area contributed by atoms with Gasteiger partial charge in [-0.25, -0.2) is 4.31 Å². The summed E-state index contributed by atoms with van der Waals surface area (Å²) in [7, 11) is -1.28. The first-order valence-electron chi connectivity index (χ1n) is 5.55. The summed E-state index contributed by atoms with van der Waals surface area (Å²) in [5.41, 5.74) is 1.08. The van der Waals surface area contributed by atoms with Gasteiger partial charge in [0.05, 0.1) is 4.90 Å². The van der Waals surface area contributed by atoms with Crippen LogP contribution in [-0.2, 0) is 0 Å². The minimum atomic E-state index is -2.94. The van der Waals surface area contributed by atoms with Crippen LogP contribution in [0.3, 0.4) is 0 Å². The highest BCUT2D eigenvalue weighted by Crippen LogP contribution is 2.50. The van der Waals surface area contributed by atoms with Crippen LogP contribution >= 0.6 is 10.8 Å². The van der Waals surface area contributed by atoms with Crippen molar-refractivity contribution in [3.63, 3.8) is 0 Å². The van der Waals surface area contributed by atoms with Gasteiger partial charge in [-0.3, -0.25) is 9.11 Å². The summed E-state index contributed by atoms with van der Waals surface area (Å²) in [4.78, 5) is 0.510. The molecule has 0 saturated heterocycles. The third-order valence-electron chi connectivity index (χ3n) is 2.65. The Labute approximate surface area is 104 Å². The second-order valence-electron chi connectivity index (χ2n) is 4.43. The maximum atomic E-state index is 10.2. The fraction of sp³-hybridized carbons (Fsp3) is 0.500. The molecule has 1 rings (SSSR count). The van der Waals surface area contributed by atoms with Gasteiger partial charge in [-0.2, -0.15) is 0 Å². The Morgan fingerprint density at radius 1 is 1.24 bits per heavy atom. The number of benzene rings is 1. The average molecular weight is 259 g/mol. The number of hydrogen-bond acceptors (Lipinski definition) is 4. The monoisotopic (exact) mass is 259 g/mol. The first-order valence-corrected chi connectivity index (χ1v) is 7.05. The number of aliphatic hydroxyl groups is 1. The molecule has 1 atom stereocenters. The predicted molar refractivity (Wildman–Crippen MR) is 71.2 cm³/mol. The molecule has 98 valence electrons. The van der Waals surface area contributed by atoms with Crippen molar-refractivity contribution in [2.24, 2.45) is 5.92 Å². The van der Waals surface area contributed by atoms with Gasteiger partial charge in [-0.15, -0.1) is 10.8 Å². The van der Waals surface area contributed by atoms with E-state index in [9.17, 15) is 9.11 Å². The molecule has 0 radical (unpaired) electrons. The molecule has 5 heteroatoms. The molecule has 0 amide bonds. The molecule has 1 aromatic carbocycles. The Kier molecular flexibility index (Phi) is 4.97. The summed E-state index contributed by atoms with van der Waals surface area (Å²) < 4.78 is 21.8. The number of nitrogens with zero attached hydrogens (tertiary/aromatic N) is 1. The van der Waals surface area contributed by atoms with Gasteiger partial charge in [0.1, 0.15) is 0 Å². The molecule has 0 bridgehead atoms. The molecule has 4 nitrogen and oxygen atoms in total. The van der Waals surface area contributed by atoms with Crippen molar-refractivity contribution in [3.05, 3.63) is 29.8 Å². The van der Waals surface area contributed by atoms with Crippen LogP contribution in [0, 0.1) is 12.8 Å². The Hall–Kier alpha value is -0.590. The third kappa shape index (κ3) is 3.69. The molecule has 0 spiro atoms. The zero-order chi connectivity index (χ0) is 13.1. The minimum Gasteiger partial charge on any atom is -0.396 e.